The normalized spacial score (nSPS) is 23.2. The molecule has 3 aliphatic heterocycles. The van der Waals surface area contributed by atoms with E-state index >= 15 is 0 Å². The van der Waals surface area contributed by atoms with Crippen LogP contribution in [0.5, 0.6) is 0 Å². The Kier molecular flexibility index (Phi) is 9.65. The molecule has 3 heterocycles. The van der Waals surface area contributed by atoms with Crippen LogP contribution in [0.3, 0.4) is 0 Å². The molecule has 2 aromatic carbocycles. The molecule has 2 atom stereocenters. The number of carbonyl (C=O) groups is 1. The van der Waals surface area contributed by atoms with E-state index < -0.39 is 16.1 Å². The second-order valence-corrected chi connectivity index (χ2v) is 13.5. The van der Waals surface area contributed by atoms with Crippen molar-refractivity contribution in [2.45, 2.75) is 49.1 Å². The Bertz CT molecular complexity index is 1230. The highest BCUT2D eigenvalue weighted by Crippen LogP contribution is 2.32. The minimum absolute atomic E-state index is 0.0244. The van der Waals surface area contributed by atoms with Crippen LogP contribution in [0.15, 0.2) is 53.4 Å². The minimum atomic E-state index is -3.84. The monoisotopic (exact) mass is 593 g/mol. The molecule has 3 fully saturated rings. The van der Waals surface area contributed by atoms with Crippen molar-refractivity contribution in [3.05, 3.63) is 64.1 Å². The number of benzene rings is 2. The van der Waals surface area contributed by atoms with Gasteiger partial charge < -0.3 is 4.74 Å². The summed E-state index contributed by atoms with van der Waals surface area (Å²) in [7, 11) is -3.84. The largest absolute Gasteiger partial charge is 0.379 e. The summed E-state index contributed by atoms with van der Waals surface area (Å²) in [5, 5.41) is 0.484. The summed E-state index contributed by atoms with van der Waals surface area (Å²) in [6.45, 7) is 5.79. The van der Waals surface area contributed by atoms with Crippen LogP contribution in [0, 0.1) is 5.92 Å². The second kappa shape index (κ2) is 13.0. The van der Waals surface area contributed by atoms with Crippen molar-refractivity contribution >= 4 is 39.0 Å². The molecule has 0 saturated carbocycles. The molecular formula is C29H37Cl2N3O4S. The van der Waals surface area contributed by atoms with Crippen molar-refractivity contribution in [1.29, 1.82) is 0 Å². The van der Waals surface area contributed by atoms with Crippen LogP contribution in [-0.2, 0) is 26.0 Å². The summed E-state index contributed by atoms with van der Waals surface area (Å²) >= 11 is 12.1. The van der Waals surface area contributed by atoms with Crippen LogP contribution in [0.2, 0.25) is 10.0 Å². The van der Waals surface area contributed by atoms with Crippen molar-refractivity contribution in [2.75, 3.05) is 52.5 Å². The molecule has 0 radical (unpaired) electrons. The van der Waals surface area contributed by atoms with Gasteiger partial charge in [-0.15, -0.1) is 0 Å². The van der Waals surface area contributed by atoms with Crippen LogP contribution >= 0.6 is 23.2 Å². The molecular weight excluding hydrogens is 557 g/mol. The van der Waals surface area contributed by atoms with Crippen molar-refractivity contribution < 1.29 is 17.9 Å². The number of piperidine rings is 1. The molecule has 10 heteroatoms. The molecule has 2 aromatic rings. The Labute approximate surface area is 242 Å². The van der Waals surface area contributed by atoms with E-state index in [1.807, 2.05) is 0 Å². The highest BCUT2D eigenvalue weighted by molar-refractivity contribution is 7.89. The molecule has 39 heavy (non-hydrogen) atoms. The van der Waals surface area contributed by atoms with Gasteiger partial charge in [-0.3, -0.25) is 14.6 Å². The van der Waals surface area contributed by atoms with Gasteiger partial charge in [-0.1, -0.05) is 53.5 Å². The van der Waals surface area contributed by atoms with Crippen LogP contribution in [0.4, 0.5) is 0 Å². The zero-order chi connectivity index (χ0) is 27.4. The maximum Gasteiger partial charge on any atom is 0.243 e. The lowest BCUT2D eigenvalue weighted by Crippen LogP contribution is -2.51. The fourth-order valence-electron chi connectivity index (χ4n) is 6.30. The smallest absolute Gasteiger partial charge is 0.243 e. The first-order valence-electron chi connectivity index (χ1n) is 13.9. The molecule has 0 spiro atoms. The fraction of sp³-hybridized carbons (Fsp3) is 0.552. The number of sulfonamides is 1. The number of likely N-dealkylation sites (tertiary alicyclic amines) is 1. The zero-order valence-corrected chi connectivity index (χ0v) is 24.5. The lowest BCUT2D eigenvalue weighted by atomic mass is 9.84. The Morgan fingerprint density at radius 3 is 2.33 bits per heavy atom. The van der Waals surface area contributed by atoms with Crippen LogP contribution in [0.25, 0.3) is 0 Å². The van der Waals surface area contributed by atoms with Gasteiger partial charge >= 0.3 is 0 Å². The third kappa shape index (κ3) is 6.87. The first kappa shape index (κ1) is 29.0. The van der Waals surface area contributed by atoms with E-state index in [9.17, 15) is 13.2 Å². The van der Waals surface area contributed by atoms with Gasteiger partial charge in [0.1, 0.15) is 0 Å². The average Bonchev–Trinajstić information content (AvgIpc) is 3.46. The minimum Gasteiger partial charge on any atom is -0.379 e. The van der Waals surface area contributed by atoms with Crippen molar-refractivity contribution in [2.24, 2.45) is 5.92 Å². The Morgan fingerprint density at radius 2 is 1.64 bits per heavy atom. The highest BCUT2D eigenvalue weighted by Gasteiger charge is 2.40. The molecule has 3 aliphatic rings. The summed E-state index contributed by atoms with van der Waals surface area (Å²) in [6, 6.07) is 14.8. The lowest BCUT2D eigenvalue weighted by molar-refractivity contribution is -0.123. The summed E-state index contributed by atoms with van der Waals surface area (Å²) < 4.78 is 33.7. The number of morpholine rings is 1. The molecule has 7 nitrogen and oxygen atoms in total. The maximum atomic E-state index is 13.4. The number of nitrogens with zero attached hydrogens (tertiary/aromatic N) is 3. The first-order chi connectivity index (χ1) is 18.8. The molecule has 0 aromatic heterocycles. The van der Waals surface area contributed by atoms with Gasteiger partial charge in [-0.05, 0) is 74.9 Å². The fourth-order valence-corrected chi connectivity index (χ4v) is 8.37. The number of halogens is 2. The number of carbonyl (C=O) groups excluding carboxylic acids is 1. The second-order valence-electron chi connectivity index (χ2n) is 10.8. The average molecular weight is 595 g/mol. The third-order valence-electron chi connectivity index (χ3n) is 8.43. The topological polar surface area (TPSA) is 70.2 Å². The summed E-state index contributed by atoms with van der Waals surface area (Å²) in [5.74, 6) is 0.524. The van der Waals surface area contributed by atoms with Crippen LogP contribution in [-0.4, -0.2) is 92.9 Å². The van der Waals surface area contributed by atoms with Gasteiger partial charge in [-0.25, -0.2) is 8.42 Å². The summed E-state index contributed by atoms with van der Waals surface area (Å²) in [5.41, 5.74) is 1.36. The first-order valence-corrected chi connectivity index (χ1v) is 16.1. The predicted molar refractivity (Wildman–Crippen MR) is 154 cm³/mol. The number of ether oxygens (including phenoxy) is 1. The Morgan fingerprint density at radius 1 is 0.923 bits per heavy atom. The molecule has 3 saturated heterocycles. The van der Waals surface area contributed by atoms with Gasteiger partial charge in [0.25, 0.3) is 0 Å². The van der Waals surface area contributed by atoms with E-state index in [1.54, 1.807) is 0 Å². The molecule has 5 rings (SSSR count). The van der Waals surface area contributed by atoms with E-state index in [2.05, 4.69) is 40.1 Å². The van der Waals surface area contributed by atoms with Crippen molar-refractivity contribution in [1.82, 2.24) is 14.1 Å². The summed E-state index contributed by atoms with van der Waals surface area (Å²) in [6.07, 6.45) is 4.29. The third-order valence-corrected chi connectivity index (χ3v) is 11.1. The number of hydrogen-bond donors (Lipinski definition) is 0. The molecule has 0 amide bonds. The van der Waals surface area contributed by atoms with E-state index in [4.69, 9.17) is 27.9 Å². The predicted octanol–water partition coefficient (Wildman–Crippen LogP) is 4.37. The number of hydrogen-bond acceptors (Lipinski definition) is 6. The lowest BCUT2D eigenvalue weighted by Gasteiger charge is -2.43. The SMILES string of the molecule is O=C(CN1CCC(C(Cc2ccccc2)N2CCOCC2)CC1)C1CCCN1S(=O)(=O)c1ccc(Cl)c(Cl)c1. The van der Waals surface area contributed by atoms with Gasteiger partial charge in [0.2, 0.25) is 10.0 Å². The Balaban J connectivity index is 1.20. The zero-order valence-electron chi connectivity index (χ0n) is 22.2. The van der Waals surface area contributed by atoms with Gasteiger partial charge in [-0.2, -0.15) is 4.31 Å². The van der Waals surface area contributed by atoms with E-state index in [1.165, 1.54) is 28.1 Å². The maximum absolute atomic E-state index is 13.4. The molecule has 0 aliphatic carbocycles. The standard InChI is InChI=1S/C29H37Cl2N3O4S/c30-25-9-8-24(20-26(25)31)39(36,37)34-12-4-7-27(34)29(35)21-32-13-10-23(11-14-32)28(33-15-17-38-18-16-33)19-22-5-2-1-3-6-22/h1-3,5-6,8-9,20,23,27-28H,4,7,10-19,21H2. The molecule has 0 bridgehead atoms. The van der Waals surface area contributed by atoms with E-state index in [0.29, 0.717) is 36.4 Å². The van der Waals surface area contributed by atoms with Gasteiger partial charge in [0, 0.05) is 25.7 Å². The number of ketones is 1. The molecule has 2 unspecified atom stereocenters. The highest BCUT2D eigenvalue weighted by atomic mass is 35.5. The van der Waals surface area contributed by atoms with Crippen LogP contribution < -0.4 is 0 Å². The van der Waals surface area contributed by atoms with Gasteiger partial charge in [0.05, 0.1) is 40.7 Å². The molecule has 0 N–H and O–H groups in total. The molecule has 212 valence electrons. The van der Waals surface area contributed by atoms with Crippen LogP contribution in [0.1, 0.15) is 31.2 Å². The van der Waals surface area contributed by atoms with Crippen molar-refractivity contribution in [3.63, 3.8) is 0 Å². The quantitative estimate of drug-likeness (QED) is 0.430. The number of rotatable bonds is 9. The summed E-state index contributed by atoms with van der Waals surface area (Å²) in [4.78, 5) is 18.3. The number of Topliss-reactive ketones (excluding diaryl/α,β-unsaturated/α-hetero) is 1. The van der Waals surface area contributed by atoms with E-state index in [-0.39, 0.29) is 22.2 Å². The van der Waals surface area contributed by atoms with Crippen molar-refractivity contribution in [3.8, 4) is 0 Å². The van der Waals surface area contributed by atoms with Gasteiger partial charge in [0.15, 0.2) is 5.78 Å². The van der Waals surface area contributed by atoms with E-state index in [0.717, 1.165) is 58.7 Å². The Hall–Kier alpha value is -1.52.